The summed E-state index contributed by atoms with van der Waals surface area (Å²) in [5.74, 6) is -1.21. The Kier molecular flexibility index (Phi) is 4.24. The minimum absolute atomic E-state index is 0.107. The molecule has 1 N–H and O–H groups in total. The first kappa shape index (κ1) is 16.8. The number of aliphatic carboxylic acids is 1. The van der Waals surface area contributed by atoms with Crippen LogP contribution in [0.2, 0.25) is 0 Å². The molecule has 0 aliphatic carbocycles. The van der Waals surface area contributed by atoms with Crippen molar-refractivity contribution < 1.29 is 28.2 Å². The van der Waals surface area contributed by atoms with E-state index >= 15 is 0 Å². The highest BCUT2D eigenvalue weighted by molar-refractivity contribution is 5.74. The molecule has 4 rings (SSSR count). The number of halogens is 2. The van der Waals surface area contributed by atoms with Gasteiger partial charge in [-0.3, -0.25) is 9.69 Å². The maximum Gasteiger partial charge on any atom is 0.320 e. The van der Waals surface area contributed by atoms with Gasteiger partial charge < -0.3 is 14.6 Å². The van der Waals surface area contributed by atoms with Gasteiger partial charge in [-0.1, -0.05) is 12.1 Å². The second-order valence-corrected chi connectivity index (χ2v) is 6.42. The lowest BCUT2D eigenvalue weighted by Crippen LogP contribution is -2.39. The zero-order chi connectivity index (χ0) is 18.3. The number of nitrogens with zero attached hydrogens (tertiary/aromatic N) is 1. The van der Waals surface area contributed by atoms with Gasteiger partial charge in [0.2, 0.25) is 6.79 Å². The fraction of sp³-hybridized carbons (Fsp3) is 0.316. The van der Waals surface area contributed by atoms with Crippen molar-refractivity contribution in [3.8, 4) is 11.5 Å². The van der Waals surface area contributed by atoms with Crippen molar-refractivity contribution >= 4 is 5.97 Å². The molecular formula is C19H17F2NO4. The van der Waals surface area contributed by atoms with Gasteiger partial charge in [-0.25, -0.2) is 8.78 Å². The molecule has 0 spiro atoms. The minimum Gasteiger partial charge on any atom is -0.480 e. The van der Waals surface area contributed by atoms with Gasteiger partial charge in [-0.15, -0.1) is 0 Å². The van der Waals surface area contributed by atoms with E-state index < -0.39 is 29.7 Å². The predicted molar refractivity (Wildman–Crippen MR) is 88.1 cm³/mol. The number of fused-ring (bicyclic) bond motifs is 1. The summed E-state index contributed by atoms with van der Waals surface area (Å²) in [6.45, 7) is 0.614. The molecule has 2 heterocycles. The average molecular weight is 361 g/mol. The zero-order valence-corrected chi connectivity index (χ0v) is 13.8. The first-order valence-electron chi connectivity index (χ1n) is 8.37. The molecule has 0 saturated carbocycles. The van der Waals surface area contributed by atoms with Crippen LogP contribution in [0.3, 0.4) is 0 Å². The maximum atomic E-state index is 14.6. The van der Waals surface area contributed by atoms with Crippen LogP contribution in [-0.2, 0) is 4.79 Å². The average Bonchev–Trinajstić information content (AvgIpc) is 3.26. The van der Waals surface area contributed by atoms with Crippen LogP contribution in [-0.4, -0.2) is 35.4 Å². The van der Waals surface area contributed by atoms with E-state index in [1.54, 1.807) is 23.1 Å². The molecule has 1 fully saturated rings. The number of carbonyl (C=O) groups is 1. The van der Waals surface area contributed by atoms with Gasteiger partial charge in [0, 0.05) is 18.2 Å². The van der Waals surface area contributed by atoms with Crippen LogP contribution >= 0.6 is 0 Å². The van der Waals surface area contributed by atoms with Crippen LogP contribution in [0.5, 0.6) is 11.5 Å². The Bertz CT molecular complexity index is 857. The van der Waals surface area contributed by atoms with Crippen molar-refractivity contribution in [2.24, 2.45) is 0 Å². The van der Waals surface area contributed by atoms with Gasteiger partial charge in [-0.05, 0) is 36.6 Å². The second kappa shape index (κ2) is 6.57. The van der Waals surface area contributed by atoms with Crippen molar-refractivity contribution in [2.45, 2.75) is 24.9 Å². The standard InChI is InChI=1S/C19H17F2NO4/c20-12-4-5-13(14(21)9-12)18(22-7-1-2-15(22)19(23)24)11-3-6-16-17(8-11)26-10-25-16/h3-6,8-9,15,18H,1-2,7,10H2,(H,23,24). The summed E-state index contributed by atoms with van der Waals surface area (Å²) in [6, 6.07) is 7.20. The number of hydrogen-bond acceptors (Lipinski definition) is 4. The molecule has 1 saturated heterocycles. The number of carboxylic acids is 1. The highest BCUT2D eigenvalue weighted by atomic mass is 19.1. The summed E-state index contributed by atoms with van der Waals surface area (Å²) in [5, 5.41) is 9.55. The molecule has 136 valence electrons. The van der Waals surface area contributed by atoms with Crippen molar-refractivity contribution in [2.75, 3.05) is 13.3 Å². The molecule has 0 bridgehead atoms. The number of benzene rings is 2. The predicted octanol–water partition coefficient (Wildman–Crippen LogP) is 3.33. The molecular weight excluding hydrogens is 344 g/mol. The summed E-state index contributed by atoms with van der Waals surface area (Å²) in [7, 11) is 0. The Balaban J connectivity index is 1.82. The molecule has 5 nitrogen and oxygen atoms in total. The van der Waals surface area contributed by atoms with E-state index in [-0.39, 0.29) is 12.4 Å². The SMILES string of the molecule is O=C(O)C1CCCN1C(c1ccc2c(c1)OCO2)c1ccc(F)cc1F. The Morgan fingerprint density at radius 2 is 1.96 bits per heavy atom. The van der Waals surface area contributed by atoms with E-state index in [2.05, 4.69) is 0 Å². The van der Waals surface area contributed by atoms with E-state index in [4.69, 9.17) is 9.47 Å². The third-order valence-corrected chi connectivity index (χ3v) is 4.88. The van der Waals surface area contributed by atoms with E-state index in [1.165, 1.54) is 12.1 Å². The van der Waals surface area contributed by atoms with E-state index in [0.29, 0.717) is 36.4 Å². The van der Waals surface area contributed by atoms with Crippen molar-refractivity contribution in [1.29, 1.82) is 0 Å². The van der Waals surface area contributed by atoms with Gasteiger partial charge in [0.1, 0.15) is 17.7 Å². The van der Waals surface area contributed by atoms with Crippen molar-refractivity contribution in [1.82, 2.24) is 4.90 Å². The lowest BCUT2D eigenvalue weighted by molar-refractivity contribution is -0.142. The summed E-state index contributed by atoms with van der Waals surface area (Å²) < 4.78 is 38.7. The molecule has 2 aromatic rings. The Hall–Kier alpha value is -2.67. The van der Waals surface area contributed by atoms with Crippen molar-refractivity contribution in [3.05, 3.63) is 59.2 Å². The molecule has 26 heavy (non-hydrogen) atoms. The number of likely N-dealkylation sites (tertiary alicyclic amines) is 1. The Morgan fingerprint density at radius 1 is 1.15 bits per heavy atom. The van der Waals surface area contributed by atoms with Crippen LogP contribution < -0.4 is 9.47 Å². The molecule has 2 unspecified atom stereocenters. The van der Waals surface area contributed by atoms with Crippen molar-refractivity contribution in [3.63, 3.8) is 0 Å². The van der Waals surface area contributed by atoms with E-state index in [1.807, 2.05) is 0 Å². The van der Waals surface area contributed by atoms with Gasteiger partial charge in [0.05, 0.1) is 6.04 Å². The lowest BCUT2D eigenvalue weighted by atomic mass is 9.95. The molecule has 2 aliphatic rings. The lowest BCUT2D eigenvalue weighted by Gasteiger charge is -2.32. The molecule has 0 aromatic heterocycles. The molecule has 2 aliphatic heterocycles. The largest absolute Gasteiger partial charge is 0.480 e. The third kappa shape index (κ3) is 2.88. The van der Waals surface area contributed by atoms with Crippen LogP contribution in [0, 0.1) is 11.6 Å². The van der Waals surface area contributed by atoms with Crippen LogP contribution in [0.4, 0.5) is 8.78 Å². The fourth-order valence-corrected chi connectivity index (χ4v) is 3.72. The van der Waals surface area contributed by atoms with Gasteiger partial charge in [-0.2, -0.15) is 0 Å². The van der Waals surface area contributed by atoms with Crippen LogP contribution in [0.1, 0.15) is 30.0 Å². The smallest absolute Gasteiger partial charge is 0.320 e. The Labute approximate surface area is 148 Å². The highest BCUT2D eigenvalue weighted by Gasteiger charge is 2.38. The first-order valence-corrected chi connectivity index (χ1v) is 8.37. The summed E-state index contributed by atoms with van der Waals surface area (Å²) >= 11 is 0. The third-order valence-electron chi connectivity index (χ3n) is 4.88. The van der Waals surface area contributed by atoms with E-state index in [9.17, 15) is 18.7 Å². The summed E-state index contributed by atoms with van der Waals surface area (Å²) in [5.41, 5.74) is 0.909. The summed E-state index contributed by atoms with van der Waals surface area (Å²) in [6.07, 6.45) is 1.18. The number of rotatable bonds is 4. The molecule has 7 heteroatoms. The fourth-order valence-electron chi connectivity index (χ4n) is 3.72. The topological polar surface area (TPSA) is 59.0 Å². The zero-order valence-electron chi connectivity index (χ0n) is 13.8. The molecule has 2 atom stereocenters. The van der Waals surface area contributed by atoms with Crippen LogP contribution in [0.25, 0.3) is 0 Å². The number of ether oxygens (including phenoxy) is 2. The van der Waals surface area contributed by atoms with Gasteiger partial charge in [0.15, 0.2) is 11.5 Å². The molecule has 0 amide bonds. The maximum absolute atomic E-state index is 14.6. The normalized spacial score (nSPS) is 20.3. The first-order chi connectivity index (χ1) is 12.5. The van der Waals surface area contributed by atoms with Gasteiger partial charge >= 0.3 is 5.97 Å². The summed E-state index contributed by atoms with van der Waals surface area (Å²) in [4.78, 5) is 13.4. The quantitative estimate of drug-likeness (QED) is 0.905. The van der Waals surface area contributed by atoms with Crippen LogP contribution in [0.15, 0.2) is 36.4 Å². The minimum atomic E-state index is -0.948. The molecule has 2 aromatic carbocycles. The highest BCUT2D eigenvalue weighted by Crippen LogP contribution is 2.40. The monoisotopic (exact) mass is 361 g/mol. The Morgan fingerprint density at radius 3 is 2.73 bits per heavy atom. The van der Waals surface area contributed by atoms with E-state index in [0.717, 1.165) is 6.07 Å². The van der Waals surface area contributed by atoms with Gasteiger partial charge in [0.25, 0.3) is 0 Å². The molecule has 0 radical (unpaired) electrons. The number of carboxylic acid groups (broad SMARTS) is 1. The second-order valence-electron chi connectivity index (χ2n) is 6.42. The number of hydrogen-bond donors (Lipinski definition) is 1.